The maximum atomic E-state index is 6.37. The Labute approximate surface area is 138 Å². The normalized spacial score (nSPS) is 35.3. The second-order valence-electron chi connectivity index (χ2n) is 9.18. The second kappa shape index (κ2) is 4.99. The third-order valence-electron chi connectivity index (χ3n) is 5.80. The van der Waals surface area contributed by atoms with Crippen LogP contribution in [-0.2, 0) is 0 Å². The molecule has 0 atom stereocenters. The molecule has 0 radical (unpaired) electrons. The zero-order chi connectivity index (χ0) is 16.2. The van der Waals surface area contributed by atoms with Gasteiger partial charge in [0.15, 0.2) is 11.6 Å². The van der Waals surface area contributed by atoms with E-state index in [1.54, 1.807) is 6.33 Å². The first-order valence-electron chi connectivity index (χ1n) is 8.99. The molecule has 4 fully saturated rings. The Hall–Kier alpha value is -1.52. The Kier molecular flexibility index (Phi) is 3.26. The lowest BCUT2D eigenvalue weighted by molar-refractivity contribution is 0.0106. The minimum atomic E-state index is -0.0690. The van der Waals surface area contributed by atoms with Crippen LogP contribution in [-0.4, -0.2) is 21.0 Å². The highest BCUT2D eigenvalue weighted by atomic mass is 15.1. The molecule has 0 unspecified atom stereocenters. The van der Waals surface area contributed by atoms with Gasteiger partial charge in [0, 0.05) is 11.1 Å². The van der Waals surface area contributed by atoms with E-state index in [-0.39, 0.29) is 11.1 Å². The van der Waals surface area contributed by atoms with Crippen LogP contribution in [0.1, 0.15) is 59.3 Å². The van der Waals surface area contributed by atoms with Crippen molar-refractivity contribution >= 4 is 17.3 Å². The maximum absolute atomic E-state index is 6.37. The van der Waals surface area contributed by atoms with Gasteiger partial charge in [0.25, 0.3) is 0 Å². The van der Waals surface area contributed by atoms with Crippen LogP contribution in [0, 0.1) is 17.8 Å². The lowest BCUT2D eigenvalue weighted by atomic mass is 9.53. The average Bonchev–Trinajstić information content (AvgIpc) is 2.40. The molecule has 4 aliphatic carbocycles. The first-order chi connectivity index (χ1) is 10.8. The van der Waals surface area contributed by atoms with E-state index in [0.717, 1.165) is 29.4 Å². The molecular formula is C18H29N5. The molecule has 0 aromatic carbocycles. The van der Waals surface area contributed by atoms with Gasteiger partial charge in [-0.05, 0) is 77.0 Å². The van der Waals surface area contributed by atoms with Crippen molar-refractivity contribution < 1.29 is 0 Å². The molecule has 4 bridgehead atoms. The average molecular weight is 315 g/mol. The summed E-state index contributed by atoms with van der Waals surface area (Å²) in [5, 5.41) is 7.15. The van der Waals surface area contributed by atoms with Crippen molar-refractivity contribution in [1.29, 1.82) is 0 Å². The fourth-order valence-electron chi connectivity index (χ4n) is 5.46. The number of hydrogen-bond acceptors (Lipinski definition) is 5. The Morgan fingerprint density at radius 3 is 2.04 bits per heavy atom. The number of nitrogens with one attached hydrogen (secondary N) is 2. The molecular weight excluding hydrogens is 286 g/mol. The van der Waals surface area contributed by atoms with Gasteiger partial charge >= 0.3 is 0 Å². The molecule has 1 heterocycles. The van der Waals surface area contributed by atoms with Crippen LogP contribution in [0.4, 0.5) is 17.3 Å². The summed E-state index contributed by atoms with van der Waals surface area (Å²) in [7, 11) is 0. The van der Waals surface area contributed by atoms with Gasteiger partial charge in [0.1, 0.15) is 12.0 Å². The first kappa shape index (κ1) is 15.0. The summed E-state index contributed by atoms with van der Waals surface area (Å²) in [4.78, 5) is 8.79. The molecule has 5 rings (SSSR count). The molecule has 0 spiro atoms. The Morgan fingerprint density at radius 2 is 1.52 bits per heavy atom. The third kappa shape index (κ3) is 2.86. The predicted molar refractivity (Wildman–Crippen MR) is 94.3 cm³/mol. The third-order valence-corrected chi connectivity index (χ3v) is 5.80. The molecule has 1 aromatic rings. The molecule has 5 nitrogen and oxygen atoms in total. The van der Waals surface area contributed by atoms with E-state index in [1.807, 2.05) is 0 Å². The van der Waals surface area contributed by atoms with Crippen molar-refractivity contribution in [2.75, 3.05) is 16.4 Å². The van der Waals surface area contributed by atoms with E-state index in [0.29, 0.717) is 5.69 Å². The van der Waals surface area contributed by atoms with Gasteiger partial charge in [-0.2, -0.15) is 0 Å². The highest BCUT2D eigenvalue weighted by Crippen LogP contribution is 2.56. The molecule has 4 N–H and O–H groups in total. The van der Waals surface area contributed by atoms with Crippen LogP contribution in [0.5, 0.6) is 0 Å². The van der Waals surface area contributed by atoms with Crippen LogP contribution in [0.3, 0.4) is 0 Å². The van der Waals surface area contributed by atoms with E-state index >= 15 is 0 Å². The minimum absolute atomic E-state index is 0.0690. The highest BCUT2D eigenvalue weighted by molar-refractivity contribution is 5.75. The molecule has 126 valence electrons. The van der Waals surface area contributed by atoms with E-state index in [2.05, 4.69) is 41.4 Å². The van der Waals surface area contributed by atoms with Crippen molar-refractivity contribution in [1.82, 2.24) is 9.97 Å². The zero-order valence-corrected chi connectivity index (χ0v) is 14.5. The Balaban J connectivity index is 1.58. The quantitative estimate of drug-likeness (QED) is 0.794. The maximum Gasteiger partial charge on any atom is 0.155 e. The highest BCUT2D eigenvalue weighted by Gasteiger charge is 2.51. The van der Waals surface area contributed by atoms with E-state index in [1.165, 1.54) is 38.5 Å². The predicted octanol–water partition coefficient (Wildman–Crippen LogP) is 3.65. The van der Waals surface area contributed by atoms with Crippen LogP contribution < -0.4 is 16.4 Å². The van der Waals surface area contributed by atoms with E-state index in [9.17, 15) is 0 Å². The number of rotatable bonds is 3. The summed E-state index contributed by atoms with van der Waals surface area (Å²) >= 11 is 0. The van der Waals surface area contributed by atoms with E-state index in [4.69, 9.17) is 5.73 Å². The van der Waals surface area contributed by atoms with Crippen LogP contribution in [0.2, 0.25) is 0 Å². The molecule has 1 aromatic heterocycles. The van der Waals surface area contributed by atoms with Gasteiger partial charge in [-0.15, -0.1) is 0 Å². The van der Waals surface area contributed by atoms with Crippen molar-refractivity contribution in [2.45, 2.75) is 70.4 Å². The van der Waals surface area contributed by atoms with Gasteiger partial charge in [0.05, 0.1) is 0 Å². The van der Waals surface area contributed by atoms with Gasteiger partial charge < -0.3 is 16.4 Å². The van der Waals surface area contributed by atoms with Crippen LogP contribution in [0.25, 0.3) is 0 Å². The van der Waals surface area contributed by atoms with Crippen molar-refractivity contribution in [2.24, 2.45) is 17.8 Å². The van der Waals surface area contributed by atoms with Gasteiger partial charge in [0.2, 0.25) is 0 Å². The zero-order valence-electron chi connectivity index (χ0n) is 14.5. The molecule has 5 heteroatoms. The number of nitrogens with two attached hydrogens (primary N) is 1. The molecule has 4 saturated carbocycles. The second-order valence-corrected chi connectivity index (χ2v) is 9.18. The smallest absolute Gasteiger partial charge is 0.155 e. The molecule has 0 aliphatic heterocycles. The first-order valence-corrected chi connectivity index (χ1v) is 8.99. The topological polar surface area (TPSA) is 75.9 Å². The SMILES string of the molecule is CC(C)(C)Nc1ncnc(NC23CC4CC(CC(C4)C2)C3)c1N. The largest absolute Gasteiger partial charge is 0.393 e. The minimum Gasteiger partial charge on any atom is -0.393 e. The van der Waals surface area contributed by atoms with E-state index < -0.39 is 0 Å². The fraction of sp³-hybridized carbons (Fsp3) is 0.778. The lowest BCUT2D eigenvalue weighted by Crippen LogP contribution is -2.55. The van der Waals surface area contributed by atoms with Crippen LogP contribution >= 0.6 is 0 Å². The van der Waals surface area contributed by atoms with Gasteiger partial charge in [-0.3, -0.25) is 0 Å². The summed E-state index contributed by atoms with van der Waals surface area (Å²) in [6.45, 7) is 6.34. The standard InChI is InChI=1S/C18H29N5/c1-17(2,3)22-15-14(19)16(21-10-20-15)23-18-7-11-4-12(8-18)6-13(5-11)9-18/h10-13H,4-9,19H2,1-3H3,(H2,20,21,22,23). The lowest BCUT2D eigenvalue weighted by Gasteiger charge is -2.57. The van der Waals surface area contributed by atoms with Gasteiger partial charge in [-0.25, -0.2) is 9.97 Å². The van der Waals surface area contributed by atoms with Crippen molar-refractivity contribution in [3.63, 3.8) is 0 Å². The molecule has 0 amide bonds. The monoisotopic (exact) mass is 315 g/mol. The summed E-state index contributed by atoms with van der Waals surface area (Å²) in [6.07, 6.45) is 9.79. The summed E-state index contributed by atoms with van der Waals surface area (Å²) in [6, 6.07) is 0. The summed E-state index contributed by atoms with van der Waals surface area (Å²) < 4.78 is 0. The number of hydrogen-bond donors (Lipinski definition) is 3. The number of aromatic nitrogens is 2. The van der Waals surface area contributed by atoms with Crippen molar-refractivity contribution in [3.05, 3.63) is 6.33 Å². The summed E-state index contributed by atoms with van der Waals surface area (Å²) in [5.74, 6) is 4.27. The molecule has 23 heavy (non-hydrogen) atoms. The fourth-order valence-corrected chi connectivity index (χ4v) is 5.46. The number of nitrogens with zero attached hydrogens (tertiary/aromatic N) is 2. The van der Waals surface area contributed by atoms with Gasteiger partial charge in [-0.1, -0.05) is 0 Å². The Morgan fingerprint density at radius 1 is 1.00 bits per heavy atom. The van der Waals surface area contributed by atoms with Crippen molar-refractivity contribution in [3.8, 4) is 0 Å². The number of anilines is 3. The molecule has 4 aliphatic rings. The molecule has 0 saturated heterocycles. The Bertz CT molecular complexity index is 569. The van der Waals surface area contributed by atoms with Crippen LogP contribution in [0.15, 0.2) is 6.33 Å². The summed E-state index contributed by atoms with van der Waals surface area (Å²) in [5.41, 5.74) is 7.17. The number of nitrogen functional groups attached to an aromatic ring is 1.